The second-order valence-corrected chi connectivity index (χ2v) is 7.26. The molecule has 1 aromatic heterocycles. The molecule has 5 nitrogen and oxygen atoms in total. The van der Waals surface area contributed by atoms with E-state index in [1.807, 2.05) is 29.4 Å². The van der Waals surface area contributed by atoms with Gasteiger partial charge in [-0.1, -0.05) is 30.0 Å². The van der Waals surface area contributed by atoms with E-state index in [9.17, 15) is 4.79 Å². The molecule has 1 aliphatic rings. The van der Waals surface area contributed by atoms with Crippen LogP contribution in [0.4, 0.5) is 5.69 Å². The molecule has 1 aromatic carbocycles. The van der Waals surface area contributed by atoms with Crippen molar-refractivity contribution in [2.45, 2.75) is 36.8 Å². The third-order valence-electron chi connectivity index (χ3n) is 3.83. The number of para-hydroxylation sites is 1. The number of aryl methyl sites for hydroxylation is 1. The van der Waals surface area contributed by atoms with Crippen LogP contribution >= 0.6 is 23.5 Å². The van der Waals surface area contributed by atoms with Crippen molar-refractivity contribution in [3.8, 4) is 0 Å². The zero-order chi connectivity index (χ0) is 16.2. The minimum Gasteiger partial charge on any atom is -0.415 e. The molecule has 1 aliphatic heterocycles. The fourth-order valence-corrected chi connectivity index (χ4v) is 3.74. The van der Waals surface area contributed by atoms with E-state index in [4.69, 9.17) is 4.42 Å². The number of anilines is 1. The Morgan fingerprint density at radius 2 is 2.22 bits per heavy atom. The molecule has 2 aromatic rings. The van der Waals surface area contributed by atoms with Gasteiger partial charge in [-0.3, -0.25) is 4.79 Å². The summed E-state index contributed by atoms with van der Waals surface area (Å²) in [5, 5.41) is 8.40. The van der Waals surface area contributed by atoms with Crippen molar-refractivity contribution in [1.29, 1.82) is 0 Å². The molecule has 1 atom stereocenters. The highest BCUT2D eigenvalue weighted by molar-refractivity contribution is 7.99. The lowest BCUT2D eigenvalue weighted by molar-refractivity contribution is -0.116. The number of rotatable bonds is 5. The van der Waals surface area contributed by atoms with Crippen LogP contribution in [0.5, 0.6) is 0 Å². The van der Waals surface area contributed by atoms with Crippen LogP contribution in [0.1, 0.15) is 24.8 Å². The number of aromatic nitrogens is 2. The molecule has 0 N–H and O–H groups in total. The van der Waals surface area contributed by atoms with Gasteiger partial charge < -0.3 is 9.32 Å². The van der Waals surface area contributed by atoms with Gasteiger partial charge in [-0.05, 0) is 37.7 Å². The van der Waals surface area contributed by atoms with Crippen molar-refractivity contribution >= 4 is 35.1 Å². The molecule has 0 aliphatic carbocycles. The number of fused-ring (bicyclic) bond motifs is 1. The maximum Gasteiger partial charge on any atom is 0.277 e. The van der Waals surface area contributed by atoms with Crippen LogP contribution in [-0.2, 0) is 17.0 Å². The normalized spacial score (nSPS) is 17.1. The molecular formula is C16H19N3O2S2. The molecule has 122 valence electrons. The zero-order valence-corrected chi connectivity index (χ0v) is 14.8. The van der Waals surface area contributed by atoms with Gasteiger partial charge >= 0.3 is 0 Å². The number of hydrogen-bond acceptors (Lipinski definition) is 6. The predicted molar refractivity (Wildman–Crippen MR) is 94.0 cm³/mol. The molecule has 0 bridgehead atoms. The molecule has 0 fully saturated rings. The summed E-state index contributed by atoms with van der Waals surface area (Å²) in [6, 6.07) is 8.35. The number of amides is 1. The summed E-state index contributed by atoms with van der Waals surface area (Å²) < 4.78 is 5.51. The second kappa shape index (κ2) is 7.40. The lowest BCUT2D eigenvalue weighted by Gasteiger charge is -2.35. The molecule has 0 saturated heterocycles. The largest absolute Gasteiger partial charge is 0.415 e. The first kappa shape index (κ1) is 16.4. The maximum absolute atomic E-state index is 12.7. The van der Waals surface area contributed by atoms with E-state index >= 15 is 0 Å². The van der Waals surface area contributed by atoms with Crippen LogP contribution in [0.25, 0.3) is 0 Å². The van der Waals surface area contributed by atoms with Gasteiger partial charge in [0, 0.05) is 11.7 Å². The van der Waals surface area contributed by atoms with Crippen LogP contribution in [0.3, 0.4) is 0 Å². The number of carbonyl (C=O) groups is 1. The lowest BCUT2D eigenvalue weighted by Crippen LogP contribution is -2.43. The Balaban J connectivity index is 1.68. The van der Waals surface area contributed by atoms with Crippen molar-refractivity contribution in [1.82, 2.24) is 10.2 Å². The van der Waals surface area contributed by atoms with Crippen molar-refractivity contribution in [2.75, 3.05) is 16.9 Å². The van der Waals surface area contributed by atoms with E-state index < -0.39 is 0 Å². The molecule has 3 rings (SSSR count). The number of nitrogens with zero attached hydrogens (tertiary/aromatic N) is 3. The highest BCUT2D eigenvalue weighted by atomic mass is 32.2. The van der Waals surface area contributed by atoms with Gasteiger partial charge in [0.15, 0.2) is 0 Å². The fraction of sp³-hybridized carbons (Fsp3) is 0.438. The average Bonchev–Trinajstić information content (AvgIpc) is 3.00. The van der Waals surface area contributed by atoms with Gasteiger partial charge in [0.25, 0.3) is 5.22 Å². The molecule has 0 unspecified atom stereocenters. The first-order chi connectivity index (χ1) is 11.2. The zero-order valence-electron chi connectivity index (χ0n) is 13.2. The van der Waals surface area contributed by atoms with Crippen LogP contribution in [0, 0.1) is 0 Å². The molecule has 23 heavy (non-hydrogen) atoms. The van der Waals surface area contributed by atoms with Gasteiger partial charge in [-0.15, -0.1) is 10.2 Å². The first-order valence-electron chi connectivity index (χ1n) is 7.53. The first-order valence-corrected chi connectivity index (χ1v) is 9.91. The maximum atomic E-state index is 12.7. The molecule has 0 spiro atoms. The standard InChI is InChI=1S/C16H19N3O2S2/c1-11-7-8-12-5-3-4-6-13(12)19(11)15(20)10-23-16-18-17-14(21-16)9-22-2/h3-6,11H,7-10H2,1-2H3/t11-/m0/s1. The number of hydrogen-bond donors (Lipinski definition) is 0. The van der Waals surface area contributed by atoms with Crippen LogP contribution < -0.4 is 4.90 Å². The minimum absolute atomic E-state index is 0.0827. The fourth-order valence-electron chi connectivity index (χ4n) is 2.74. The second-order valence-electron chi connectivity index (χ2n) is 5.46. The van der Waals surface area contributed by atoms with Crippen molar-refractivity contribution < 1.29 is 9.21 Å². The van der Waals surface area contributed by atoms with E-state index in [1.54, 1.807) is 11.8 Å². The Hall–Kier alpha value is -1.47. The average molecular weight is 349 g/mol. The summed E-state index contributed by atoms with van der Waals surface area (Å²) in [6.45, 7) is 2.10. The smallest absolute Gasteiger partial charge is 0.277 e. The Morgan fingerprint density at radius 1 is 1.39 bits per heavy atom. The van der Waals surface area contributed by atoms with Gasteiger partial charge in [-0.2, -0.15) is 11.8 Å². The third kappa shape index (κ3) is 3.72. The molecular weight excluding hydrogens is 330 g/mol. The van der Waals surface area contributed by atoms with E-state index in [1.165, 1.54) is 17.3 Å². The number of benzene rings is 1. The Kier molecular flexibility index (Phi) is 5.27. The Labute approximate surface area is 144 Å². The van der Waals surface area contributed by atoms with Crippen molar-refractivity contribution in [3.63, 3.8) is 0 Å². The van der Waals surface area contributed by atoms with Crippen LogP contribution in [-0.4, -0.2) is 34.2 Å². The van der Waals surface area contributed by atoms with E-state index in [2.05, 4.69) is 23.2 Å². The molecule has 0 saturated carbocycles. The molecule has 2 heterocycles. The summed E-state index contributed by atoms with van der Waals surface area (Å²) in [7, 11) is 0. The van der Waals surface area contributed by atoms with Crippen LogP contribution in [0.2, 0.25) is 0 Å². The highest BCUT2D eigenvalue weighted by Crippen LogP contribution is 2.31. The summed E-state index contributed by atoms with van der Waals surface area (Å²) >= 11 is 2.93. The minimum atomic E-state index is 0.0827. The van der Waals surface area contributed by atoms with Crippen LogP contribution in [0.15, 0.2) is 33.9 Å². The molecule has 1 amide bonds. The van der Waals surface area contributed by atoms with E-state index in [0.717, 1.165) is 18.5 Å². The Bertz CT molecular complexity index is 689. The Morgan fingerprint density at radius 3 is 3.04 bits per heavy atom. The van der Waals surface area contributed by atoms with Crippen molar-refractivity contribution in [2.24, 2.45) is 0 Å². The topological polar surface area (TPSA) is 59.2 Å². The molecule has 0 radical (unpaired) electrons. The number of thioether (sulfide) groups is 2. The van der Waals surface area contributed by atoms with Gasteiger partial charge in [-0.25, -0.2) is 0 Å². The monoisotopic (exact) mass is 349 g/mol. The van der Waals surface area contributed by atoms with E-state index in [-0.39, 0.29) is 11.9 Å². The van der Waals surface area contributed by atoms with Gasteiger partial charge in [0.1, 0.15) is 0 Å². The number of carbonyl (C=O) groups excluding carboxylic acids is 1. The van der Waals surface area contributed by atoms with E-state index in [0.29, 0.717) is 22.6 Å². The van der Waals surface area contributed by atoms with Crippen molar-refractivity contribution in [3.05, 3.63) is 35.7 Å². The van der Waals surface area contributed by atoms with Gasteiger partial charge in [0.05, 0.1) is 11.5 Å². The predicted octanol–water partition coefficient (Wildman–Crippen LogP) is 3.39. The summed E-state index contributed by atoms with van der Waals surface area (Å²) in [5.74, 6) is 1.68. The quantitative estimate of drug-likeness (QED) is 0.771. The highest BCUT2D eigenvalue weighted by Gasteiger charge is 2.28. The molecule has 7 heteroatoms. The van der Waals surface area contributed by atoms with Gasteiger partial charge in [0.2, 0.25) is 11.8 Å². The third-order valence-corrected chi connectivity index (χ3v) is 5.17. The summed E-state index contributed by atoms with van der Waals surface area (Å²) in [6.07, 6.45) is 4.00. The SMILES string of the molecule is CSCc1nnc(SCC(=O)N2c3ccccc3CC[C@@H]2C)o1. The summed E-state index contributed by atoms with van der Waals surface area (Å²) in [5.41, 5.74) is 2.27. The summed E-state index contributed by atoms with van der Waals surface area (Å²) in [4.78, 5) is 14.6. The lowest BCUT2D eigenvalue weighted by atomic mass is 9.97.